The Morgan fingerprint density at radius 1 is 0.538 bits per heavy atom. The second-order valence-corrected chi connectivity index (χ2v) is 15.4. The molecule has 0 saturated heterocycles. The Bertz CT molecular complexity index is 813. The highest BCUT2D eigenvalue weighted by Crippen LogP contribution is 2.15. The van der Waals surface area contributed by atoms with Crippen LogP contribution in [0, 0.1) is 0 Å². The first-order chi connectivity index (χ1) is 25.5. The zero-order chi connectivity index (χ0) is 38.0. The van der Waals surface area contributed by atoms with E-state index >= 15 is 0 Å². The molecular formula is C46H87NO5. The lowest BCUT2D eigenvalue weighted by molar-refractivity contribution is -0.143. The summed E-state index contributed by atoms with van der Waals surface area (Å²) in [5, 5.41) is 23.0. The topological polar surface area (TPSA) is 95.9 Å². The molecule has 52 heavy (non-hydrogen) atoms. The number of hydrogen-bond donors (Lipinski definition) is 3. The maximum Gasteiger partial charge on any atom is 0.305 e. The first-order valence-corrected chi connectivity index (χ1v) is 22.6. The van der Waals surface area contributed by atoms with Gasteiger partial charge in [-0.2, -0.15) is 0 Å². The van der Waals surface area contributed by atoms with Crippen molar-refractivity contribution < 1.29 is 24.5 Å². The molecule has 0 aliphatic carbocycles. The molecule has 0 saturated carbocycles. The number of unbranched alkanes of at least 4 members (excludes halogenated alkanes) is 26. The number of carbonyl (C=O) groups excluding carboxylic acids is 2. The van der Waals surface area contributed by atoms with Gasteiger partial charge in [-0.15, -0.1) is 0 Å². The monoisotopic (exact) mass is 734 g/mol. The molecule has 0 fully saturated rings. The highest BCUT2D eigenvalue weighted by atomic mass is 16.5. The number of aliphatic hydroxyl groups excluding tert-OH is 2. The van der Waals surface area contributed by atoms with Gasteiger partial charge in [0.25, 0.3) is 0 Å². The molecule has 0 spiro atoms. The Morgan fingerprint density at radius 3 is 1.50 bits per heavy atom. The number of rotatable bonds is 41. The molecule has 2 atom stereocenters. The summed E-state index contributed by atoms with van der Waals surface area (Å²) < 4.78 is 5.43. The third-order valence-electron chi connectivity index (χ3n) is 10.3. The number of carbonyl (C=O) groups is 2. The lowest BCUT2D eigenvalue weighted by Crippen LogP contribution is -2.45. The quantitative estimate of drug-likeness (QED) is 0.0330. The predicted molar refractivity (Wildman–Crippen MR) is 223 cm³/mol. The molecule has 6 heteroatoms. The fraction of sp³-hybridized carbons (Fsp3) is 0.870. The van der Waals surface area contributed by atoms with Crippen molar-refractivity contribution in [1.29, 1.82) is 0 Å². The molecule has 0 rings (SSSR count). The summed E-state index contributed by atoms with van der Waals surface area (Å²) in [6.45, 7) is 4.84. The average molecular weight is 734 g/mol. The van der Waals surface area contributed by atoms with Crippen LogP contribution in [0.2, 0.25) is 0 Å². The van der Waals surface area contributed by atoms with Gasteiger partial charge in [0.05, 0.1) is 25.4 Å². The van der Waals surface area contributed by atoms with Crippen LogP contribution in [0.3, 0.4) is 0 Å². The number of esters is 1. The molecule has 2 unspecified atom stereocenters. The molecule has 3 N–H and O–H groups in total. The second-order valence-electron chi connectivity index (χ2n) is 15.4. The van der Waals surface area contributed by atoms with E-state index in [2.05, 4.69) is 43.5 Å². The average Bonchev–Trinajstić information content (AvgIpc) is 3.14. The Morgan fingerprint density at radius 2 is 0.962 bits per heavy atom. The zero-order valence-electron chi connectivity index (χ0n) is 34.5. The van der Waals surface area contributed by atoms with Crippen molar-refractivity contribution in [3.63, 3.8) is 0 Å². The van der Waals surface area contributed by atoms with Gasteiger partial charge in [0.15, 0.2) is 0 Å². The second kappa shape index (κ2) is 42.1. The van der Waals surface area contributed by atoms with E-state index < -0.39 is 12.1 Å². The maximum absolute atomic E-state index is 12.4. The lowest BCUT2D eigenvalue weighted by Gasteiger charge is -2.22. The van der Waals surface area contributed by atoms with Gasteiger partial charge in [-0.25, -0.2) is 0 Å². The molecule has 0 aliphatic heterocycles. The van der Waals surface area contributed by atoms with Gasteiger partial charge in [-0.1, -0.05) is 186 Å². The van der Waals surface area contributed by atoms with Gasteiger partial charge in [0, 0.05) is 12.8 Å². The Hall–Kier alpha value is -1.66. The zero-order valence-corrected chi connectivity index (χ0v) is 34.5. The fourth-order valence-corrected chi connectivity index (χ4v) is 6.73. The van der Waals surface area contributed by atoms with Crippen LogP contribution in [0.15, 0.2) is 24.3 Å². The maximum atomic E-state index is 12.4. The minimum absolute atomic E-state index is 0.0337. The first-order valence-electron chi connectivity index (χ1n) is 22.6. The van der Waals surface area contributed by atoms with Gasteiger partial charge in [0.2, 0.25) is 5.91 Å². The van der Waals surface area contributed by atoms with E-state index in [9.17, 15) is 19.8 Å². The van der Waals surface area contributed by atoms with Crippen LogP contribution < -0.4 is 5.32 Å². The van der Waals surface area contributed by atoms with Gasteiger partial charge >= 0.3 is 5.97 Å². The number of allylic oxidation sites excluding steroid dienone is 4. The van der Waals surface area contributed by atoms with Crippen molar-refractivity contribution in [3.05, 3.63) is 24.3 Å². The SMILES string of the molecule is CCCCC/C=C\C/C=C\CCCCCCCC(=O)OCCCCCCCCCCCCC(=O)NC(CO)C(O)CCCCCCCCCCCC. The van der Waals surface area contributed by atoms with Gasteiger partial charge < -0.3 is 20.3 Å². The summed E-state index contributed by atoms with van der Waals surface area (Å²) in [4.78, 5) is 24.4. The van der Waals surface area contributed by atoms with Crippen molar-refractivity contribution >= 4 is 11.9 Å². The molecule has 0 bridgehead atoms. The lowest BCUT2D eigenvalue weighted by atomic mass is 10.0. The van der Waals surface area contributed by atoms with E-state index in [4.69, 9.17) is 4.74 Å². The summed E-state index contributed by atoms with van der Waals surface area (Å²) in [6.07, 6.45) is 47.0. The minimum atomic E-state index is -0.677. The van der Waals surface area contributed by atoms with Gasteiger partial charge in [-0.05, 0) is 57.8 Å². The van der Waals surface area contributed by atoms with Crippen LogP contribution in [0.1, 0.15) is 232 Å². The highest BCUT2D eigenvalue weighted by molar-refractivity contribution is 5.76. The molecule has 306 valence electrons. The number of amides is 1. The number of nitrogens with one attached hydrogen (secondary N) is 1. The Labute approximate surface area is 322 Å². The molecule has 0 heterocycles. The summed E-state index contributed by atoms with van der Waals surface area (Å²) >= 11 is 0. The van der Waals surface area contributed by atoms with Crippen molar-refractivity contribution in [2.45, 2.75) is 244 Å². The van der Waals surface area contributed by atoms with E-state index in [1.165, 1.54) is 128 Å². The van der Waals surface area contributed by atoms with Crippen molar-refractivity contribution in [1.82, 2.24) is 5.32 Å². The normalized spacial score (nSPS) is 12.9. The van der Waals surface area contributed by atoms with Crippen LogP contribution in [0.4, 0.5) is 0 Å². The summed E-state index contributed by atoms with van der Waals surface area (Å²) in [5.41, 5.74) is 0. The van der Waals surface area contributed by atoms with Crippen molar-refractivity contribution in [2.75, 3.05) is 13.2 Å². The van der Waals surface area contributed by atoms with E-state index in [0.29, 0.717) is 25.9 Å². The number of ether oxygens (including phenoxy) is 1. The first kappa shape index (κ1) is 50.3. The van der Waals surface area contributed by atoms with Crippen LogP contribution in [0.25, 0.3) is 0 Å². The summed E-state index contributed by atoms with van der Waals surface area (Å²) in [6, 6.07) is -0.557. The predicted octanol–water partition coefficient (Wildman–Crippen LogP) is 12.8. The number of aliphatic hydroxyl groups is 2. The van der Waals surface area contributed by atoms with Crippen LogP contribution in [-0.4, -0.2) is 47.4 Å². The van der Waals surface area contributed by atoms with Crippen LogP contribution in [-0.2, 0) is 14.3 Å². The van der Waals surface area contributed by atoms with Crippen LogP contribution >= 0.6 is 0 Å². The fourth-order valence-electron chi connectivity index (χ4n) is 6.73. The van der Waals surface area contributed by atoms with Crippen LogP contribution in [0.5, 0.6) is 0 Å². The van der Waals surface area contributed by atoms with Crippen molar-refractivity contribution in [2.24, 2.45) is 0 Å². The Kier molecular flexibility index (Phi) is 40.7. The minimum Gasteiger partial charge on any atom is -0.466 e. The molecule has 0 aromatic rings. The molecular weight excluding hydrogens is 647 g/mol. The summed E-state index contributed by atoms with van der Waals surface area (Å²) in [5.74, 6) is -0.0954. The van der Waals surface area contributed by atoms with E-state index in [1.54, 1.807) is 0 Å². The number of hydrogen-bond acceptors (Lipinski definition) is 5. The Balaban J connectivity index is 3.49. The van der Waals surface area contributed by atoms with E-state index in [0.717, 1.165) is 70.6 Å². The van der Waals surface area contributed by atoms with Gasteiger partial charge in [-0.3, -0.25) is 9.59 Å². The third kappa shape index (κ3) is 38.1. The third-order valence-corrected chi connectivity index (χ3v) is 10.3. The largest absolute Gasteiger partial charge is 0.466 e. The molecule has 1 amide bonds. The smallest absolute Gasteiger partial charge is 0.305 e. The van der Waals surface area contributed by atoms with E-state index in [1.807, 2.05) is 0 Å². The molecule has 0 aromatic heterocycles. The summed E-state index contributed by atoms with van der Waals surface area (Å²) in [7, 11) is 0. The molecule has 0 aliphatic rings. The highest BCUT2D eigenvalue weighted by Gasteiger charge is 2.20. The van der Waals surface area contributed by atoms with E-state index in [-0.39, 0.29) is 18.5 Å². The standard InChI is InChI=1S/C46H87NO5/c1-3-5-7-9-11-13-15-16-17-18-19-24-28-32-36-40-46(51)52-41-37-33-29-25-21-20-23-27-31-35-39-45(50)47-43(42-48)44(49)38-34-30-26-22-14-12-10-8-6-4-2/h11,13,16-17,43-44,48-49H,3-10,12,14-15,18-42H2,1-2H3,(H,47,50)/b13-11-,17-16-. The molecule has 0 aromatic carbocycles. The van der Waals surface area contributed by atoms with Gasteiger partial charge in [0.1, 0.15) is 0 Å². The molecule has 0 radical (unpaired) electrons. The molecule has 6 nitrogen and oxygen atoms in total. The van der Waals surface area contributed by atoms with Crippen molar-refractivity contribution in [3.8, 4) is 0 Å².